The van der Waals surface area contributed by atoms with E-state index in [0.29, 0.717) is 11.4 Å². The second-order valence-electron chi connectivity index (χ2n) is 8.25. The van der Waals surface area contributed by atoms with Crippen LogP contribution >= 0.6 is 0 Å². The number of fused-ring (bicyclic) bond motifs is 1. The molecule has 7 heteroatoms. The number of aryl methyl sites for hydroxylation is 2. The molecule has 170 valence electrons. The van der Waals surface area contributed by atoms with Gasteiger partial charge in [0.25, 0.3) is 5.91 Å². The highest BCUT2D eigenvalue weighted by atomic mass is 16.6. The van der Waals surface area contributed by atoms with Crippen molar-refractivity contribution < 1.29 is 19.1 Å². The molecule has 0 saturated carbocycles. The first-order chi connectivity index (χ1) is 15.6. The van der Waals surface area contributed by atoms with Crippen LogP contribution in [0.2, 0.25) is 0 Å². The summed E-state index contributed by atoms with van der Waals surface area (Å²) in [6.07, 6.45) is 3.31. The number of carbonyl (C=O) groups excluding carboxylic acids is 2. The molecule has 0 bridgehead atoms. The molecule has 4 rings (SSSR count). The van der Waals surface area contributed by atoms with Gasteiger partial charge in [0.2, 0.25) is 0 Å². The number of esters is 1. The van der Waals surface area contributed by atoms with Crippen LogP contribution in [0.25, 0.3) is 0 Å². The van der Waals surface area contributed by atoms with Gasteiger partial charge in [0.1, 0.15) is 5.75 Å². The lowest BCUT2D eigenvalue weighted by atomic mass is 10.1. The van der Waals surface area contributed by atoms with Gasteiger partial charge in [0.05, 0.1) is 0 Å². The summed E-state index contributed by atoms with van der Waals surface area (Å²) in [5, 5.41) is 2.76. The maximum Gasteiger partial charge on any atom is 0.344 e. The first kappa shape index (κ1) is 22.1. The topological polar surface area (TPSA) is 71.1 Å². The van der Waals surface area contributed by atoms with E-state index in [9.17, 15) is 9.59 Å². The second kappa shape index (κ2) is 10.5. The van der Waals surface area contributed by atoms with E-state index in [-0.39, 0.29) is 19.1 Å². The van der Waals surface area contributed by atoms with Crippen LogP contribution in [0.4, 0.5) is 11.4 Å². The maximum atomic E-state index is 12.1. The summed E-state index contributed by atoms with van der Waals surface area (Å²) in [4.78, 5) is 28.8. The van der Waals surface area contributed by atoms with E-state index in [4.69, 9.17) is 9.47 Å². The highest BCUT2D eigenvalue weighted by molar-refractivity contribution is 5.93. The summed E-state index contributed by atoms with van der Waals surface area (Å²) in [7, 11) is 0. The van der Waals surface area contributed by atoms with Gasteiger partial charge in [-0.2, -0.15) is 0 Å². The third kappa shape index (κ3) is 5.79. The SMILES string of the molecule is CCN1CCN(c2ccc(NC(=O)COC(=O)COc3ccc4c(c3)CCC4)cc2)CC1. The Morgan fingerprint density at radius 3 is 2.44 bits per heavy atom. The predicted octanol–water partition coefficient (Wildman–Crippen LogP) is 2.88. The fourth-order valence-electron chi connectivity index (χ4n) is 4.24. The molecule has 32 heavy (non-hydrogen) atoms. The van der Waals surface area contributed by atoms with Crippen molar-refractivity contribution in [2.45, 2.75) is 26.2 Å². The molecule has 0 spiro atoms. The third-order valence-corrected chi connectivity index (χ3v) is 6.13. The molecule has 0 unspecified atom stereocenters. The number of nitrogens with zero attached hydrogens (tertiary/aromatic N) is 2. The average Bonchev–Trinajstić information content (AvgIpc) is 3.30. The van der Waals surface area contributed by atoms with Crippen molar-refractivity contribution >= 4 is 23.3 Å². The molecule has 1 aliphatic heterocycles. The monoisotopic (exact) mass is 437 g/mol. The summed E-state index contributed by atoms with van der Waals surface area (Å²) >= 11 is 0. The van der Waals surface area contributed by atoms with E-state index in [2.05, 4.69) is 22.0 Å². The Labute approximate surface area is 189 Å². The minimum absolute atomic E-state index is 0.216. The smallest absolute Gasteiger partial charge is 0.344 e. The second-order valence-corrected chi connectivity index (χ2v) is 8.25. The fourth-order valence-corrected chi connectivity index (χ4v) is 4.24. The Bertz CT molecular complexity index is 937. The number of hydrogen-bond acceptors (Lipinski definition) is 6. The number of likely N-dealkylation sites (N-methyl/N-ethyl adjacent to an activating group) is 1. The van der Waals surface area contributed by atoms with Gasteiger partial charge in [-0.15, -0.1) is 0 Å². The van der Waals surface area contributed by atoms with Crippen molar-refractivity contribution in [3.8, 4) is 5.75 Å². The number of piperazine rings is 1. The summed E-state index contributed by atoms with van der Waals surface area (Å²) < 4.78 is 10.6. The van der Waals surface area contributed by atoms with Crippen LogP contribution in [0.1, 0.15) is 24.5 Å². The fraction of sp³-hybridized carbons (Fsp3) is 0.440. The molecule has 0 aromatic heterocycles. The molecular weight excluding hydrogens is 406 g/mol. The van der Waals surface area contributed by atoms with E-state index in [1.807, 2.05) is 42.5 Å². The lowest BCUT2D eigenvalue weighted by Gasteiger charge is -2.35. The quantitative estimate of drug-likeness (QED) is 0.641. The van der Waals surface area contributed by atoms with Gasteiger partial charge < -0.3 is 24.6 Å². The van der Waals surface area contributed by atoms with Crippen molar-refractivity contribution in [3.05, 3.63) is 53.6 Å². The number of ether oxygens (including phenoxy) is 2. The number of benzene rings is 2. The summed E-state index contributed by atoms with van der Waals surface area (Å²) in [5.74, 6) is -0.286. The molecule has 1 heterocycles. The molecule has 1 saturated heterocycles. The molecule has 2 aliphatic rings. The highest BCUT2D eigenvalue weighted by Crippen LogP contribution is 2.26. The van der Waals surface area contributed by atoms with E-state index in [1.165, 1.54) is 11.1 Å². The van der Waals surface area contributed by atoms with Crippen molar-refractivity contribution in [2.75, 3.05) is 56.2 Å². The van der Waals surface area contributed by atoms with Gasteiger partial charge in [-0.1, -0.05) is 13.0 Å². The van der Waals surface area contributed by atoms with Crippen LogP contribution in [-0.2, 0) is 27.2 Å². The number of rotatable bonds is 8. The molecule has 2 aromatic carbocycles. The minimum atomic E-state index is -0.567. The Morgan fingerprint density at radius 2 is 1.69 bits per heavy atom. The predicted molar refractivity (Wildman–Crippen MR) is 124 cm³/mol. The molecule has 2 aromatic rings. The number of amides is 1. The number of hydrogen-bond donors (Lipinski definition) is 1. The van der Waals surface area contributed by atoms with Crippen LogP contribution in [0.3, 0.4) is 0 Å². The van der Waals surface area contributed by atoms with Crippen LogP contribution < -0.4 is 15.0 Å². The van der Waals surface area contributed by atoms with Crippen molar-refractivity contribution in [3.63, 3.8) is 0 Å². The van der Waals surface area contributed by atoms with Crippen LogP contribution in [0, 0.1) is 0 Å². The van der Waals surface area contributed by atoms with Crippen molar-refractivity contribution in [1.82, 2.24) is 4.90 Å². The Hall–Kier alpha value is -3.06. The van der Waals surface area contributed by atoms with Crippen molar-refractivity contribution in [2.24, 2.45) is 0 Å². The van der Waals surface area contributed by atoms with Crippen LogP contribution in [0.15, 0.2) is 42.5 Å². The number of nitrogens with one attached hydrogen (secondary N) is 1. The summed E-state index contributed by atoms with van der Waals surface area (Å²) in [6, 6.07) is 13.7. The maximum absolute atomic E-state index is 12.1. The first-order valence-corrected chi connectivity index (χ1v) is 11.4. The van der Waals surface area contributed by atoms with E-state index in [0.717, 1.165) is 57.7 Å². The van der Waals surface area contributed by atoms with Gasteiger partial charge in [0.15, 0.2) is 13.2 Å². The van der Waals surface area contributed by atoms with Crippen LogP contribution in [0.5, 0.6) is 5.75 Å². The van der Waals surface area contributed by atoms with Gasteiger partial charge in [0, 0.05) is 37.6 Å². The van der Waals surface area contributed by atoms with Gasteiger partial charge in [-0.25, -0.2) is 4.79 Å². The molecule has 0 atom stereocenters. The zero-order valence-corrected chi connectivity index (χ0v) is 18.6. The van der Waals surface area contributed by atoms with Gasteiger partial charge in [-0.05, 0) is 73.3 Å². The molecule has 1 aliphatic carbocycles. The Balaban J connectivity index is 1.17. The van der Waals surface area contributed by atoms with Crippen LogP contribution in [-0.4, -0.2) is 62.7 Å². The zero-order chi connectivity index (χ0) is 22.3. The van der Waals surface area contributed by atoms with E-state index < -0.39 is 5.97 Å². The standard InChI is InChI=1S/C25H31N3O4/c1-2-27-12-14-28(15-13-27)22-9-7-21(8-10-22)26-24(29)17-32-25(30)18-31-23-11-6-19-4-3-5-20(19)16-23/h6-11,16H,2-5,12-15,17-18H2,1H3,(H,26,29). The Morgan fingerprint density at radius 1 is 0.938 bits per heavy atom. The lowest BCUT2D eigenvalue weighted by molar-refractivity contribution is -0.149. The number of anilines is 2. The summed E-state index contributed by atoms with van der Waals surface area (Å²) in [5.41, 5.74) is 4.46. The minimum Gasteiger partial charge on any atom is -0.482 e. The first-order valence-electron chi connectivity index (χ1n) is 11.4. The largest absolute Gasteiger partial charge is 0.482 e. The van der Waals surface area contributed by atoms with Gasteiger partial charge in [-0.3, -0.25) is 4.79 Å². The Kier molecular flexibility index (Phi) is 7.27. The average molecular weight is 438 g/mol. The normalized spacial score (nSPS) is 15.8. The van der Waals surface area contributed by atoms with E-state index in [1.54, 1.807) is 0 Å². The highest BCUT2D eigenvalue weighted by Gasteiger charge is 2.16. The zero-order valence-electron chi connectivity index (χ0n) is 18.6. The molecule has 1 N–H and O–H groups in total. The lowest BCUT2D eigenvalue weighted by Crippen LogP contribution is -2.46. The molecule has 7 nitrogen and oxygen atoms in total. The summed E-state index contributed by atoms with van der Waals surface area (Å²) in [6.45, 7) is 6.85. The van der Waals surface area contributed by atoms with Crippen molar-refractivity contribution in [1.29, 1.82) is 0 Å². The molecule has 0 radical (unpaired) electrons. The molecule has 1 amide bonds. The number of carbonyl (C=O) groups is 2. The molecule has 1 fully saturated rings. The van der Waals surface area contributed by atoms with E-state index >= 15 is 0 Å². The van der Waals surface area contributed by atoms with Gasteiger partial charge >= 0.3 is 5.97 Å². The molecular formula is C25H31N3O4. The third-order valence-electron chi connectivity index (χ3n) is 6.13.